The summed E-state index contributed by atoms with van der Waals surface area (Å²) in [4.78, 5) is 0. The zero-order valence-electron chi connectivity index (χ0n) is 6.65. The highest BCUT2D eigenvalue weighted by Crippen LogP contribution is 2.33. The van der Waals surface area contributed by atoms with Crippen LogP contribution in [-0.2, 0) is 0 Å². The van der Waals surface area contributed by atoms with Crippen LogP contribution in [-0.4, -0.2) is 5.33 Å². The average Bonchev–Trinajstić information content (AvgIpc) is 2.46. The van der Waals surface area contributed by atoms with Gasteiger partial charge in [-0.3, -0.25) is 0 Å². The maximum atomic E-state index is 3.79. The molecule has 0 aromatic carbocycles. The molecule has 0 nitrogen and oxygen atoms in total. The van der Waals surface area contributed by atoms with Crippen LogP contribution in [0.4, 0.5) is 0 Å². The van der Waals surface area contributed by atoms with Crippen LogP contribution in [0.5, 0.6) is 0 Å². The minimum atomic E-state index is 0.760. The van der Waals surface area contributed by atoms with E-state index in [-0.39, 0.29) is 0 Å². The molecule has 1 rings (SSSR count). The molecule has 0 saturated heterocycles. The average molecular weight is 213 g/mol. The van der Waals surface area contributed by atoms with Crippen molar-refractivity contribution in [3.8, 4) is 0 Å². The first kappa shape index (κ1) is 8.79. The first-order valence-corrected chi connectivity index (χ1v) is 4.96. The zero-order valence-corrected chi connectivity index (χ0v) is 8.23. The number of hydrogen-bond acceptors (Lipinski definition) is 0. The highest BCUT2D eigenvalue weighted by atomic mass is 79.9. The van der Waals surface area contributed by atoms with Gasteiger partial charge in [-0.15, -0.1) is 0 Å². The normalized spacial score (nSPS) is 19.0. The van der Waals surface area contributed by atoms with Gasteiger partial charge in [0.15, 0.2) is 0 Å². The molecule has 0 bridgehead atoms. The van der Waals surface area contributed by atoms with Crippen LogP contribution in [0.25, 0.3) is 0 Å². The fourth-order valence-corrected chi connectivity index (χ4v) is 1.95. The van der Waals surface area contributed by atoms with E-state index in [2.05, 4.69) is 29.1 Å². The van der Waals surface area contributed by atoms with Gasteiger partial charge in [-0.2, -0.15) is 0 Å². The molecule has 0 spiro atoms. The van der Waals surface area contributed by atoms with E-state index in [4.69, 9.17) is 0 Å². The molecule has 0 unspecified atom stereocenters. The van der Waals surface area contributed by atoms with Crippen LogP contribution in [0.15, 0.2) is 36.5 Å². The quantitative estimate of drug-likeness (QED) is 0.630. The Labute approximate surface area is 76.8 Å². The number of rotatable bonds is 3. The zero-order chi connectivity index (χ0) is 8.27. The van der Waals surface area contributed by atoms with Gasteiger partial charge in [0.2, 0.25) is 0 Å². The van der Waals surface area contributed by atoms with Crippen molar-refractivity contribution >= 4 is 15.9 Å². The lowest BCUT2D eigenvalue weighted by atomic mass is 10.1. The Hall–Kier alpha value is -0.300. The Morgan fingerprint density at radius 3 is 2.00 bits per heavy atom. The molecule has 0 saturated carbocycles. The van der Waals surface area contributed by atoms with E-state index < -0.39 is 0 Å². The summed E-state index contributed by atoms with van der Waals surface area (Å²) >= 11 is 3.49. The monoisotopic (exact) mass is 212 g/mol. The molecule has 0 aromatic rings. The smallest absolute Gasteiger partial charge is 0.00660 e. The van der Waals surface area contributed by atoms with Crippen molar-refractivity contribution < 1.29 is 0 Å². The second-order valence-electron chi connectivity index (χ2n) is 2.89. The number of halogens is 1. The lowest BCUT2D eigenvalue weighted by Gasteiger charge is -2.01. The predicted molar refractivity (Wildman–Crippen MR) is 53.9 cm³/mol. The Morgan fingerprint density at radius 1 is 1.27 bits per heavy atom. The molecule has 1 heteroatoms. The molecule has 11 heavy (non-hydrogen) atoms. The summed E-state index contributed by atoms with van der Waals surface area (Å²) in [5.41, 5.74) is 2.76. The highest BCUT2D eigenvalue weighted by Gasteiger charge is 2.19. The van der Waals surface area contributed by atoms with Gasteiger partial charge in [-0.05, 0) is 29.9 Å². The summed E-state index contributed by atoms with van der Waals surface area (Å²) in [7, 11) is 0. The van der Waals surface area contributed by atoms with Crippen LogP contribution in [0, 0.1) is 5.92 Å². The third-order valence-corrected chi connectivity index (χ3v) is 3.06. The second kappa shape index (κ2) is 3.91. The summed E-state index contributed by atoms with van der Waals surface area (Å²) in [6.07, 6.45) is 6.24. The topological polar surface area (TPSA) is 0 Å². The van der Waals surface area contributed by atoms with Crippen molar-refractivity contribution in [1.82, 2.24) is 0 Å². The maximum Gasteiger partial charge on any atom is 0.00660 e. The molecule has 0 atom stereocenters. The third-order valence-electron chi connectivity index (χ3n) is 2.14. The van der Waals surface area contributed by atoms with Crippen LogP contribution >= 0.6 is 15.9 Å². The van der Waals surface area contributed by atoms with Crippen molar-refractivity contribution in [1.29, 1.82) is 0 Å². The van der Waals surface area contributed by atoms with E-state index in [1.54, 1.807) is 0 Å². The van der Waals surface area contributed by atoms with Gasteiger partial charge in [-0.1, -0.05) is 41.2 Å². The molecule has 0 fully saturated rings. The van der Waals surface area contributed by atoms with Gasteiger partial charge in [-0.25, -0.2) is 0 Å². The summed E-state index contributed by atoms with van der Waals surface area (Å²) in [6, 6.07) is 0. The Balaban J connectivity index is 2.70. The van der Waals surface area contributed by atoms with E-state index in [0.717, 1.165) is 24.1 Å². The molecule has 0 N–H and O–H groups in total. The molecule has 0 heterocycles. The van der Waals surface area contributed by atoms with E-state index in [1.807, 2.05) is 12.2 Å². The Morgan fingerprint density at radius 2 is 1.73 bits per heavy atom. The van der Waals surface area contributed by atoms with Gasteiger partial charge in [0.05, 0.1) is 0 Å². The third kappa shape index (κ3) is 1.84. The Bertz CT molecular complexity index is 181. The van der Waals surface area contributed by atoms with Gasteiger partial charge in [0, 0.05) is 5.33 Å². The molecule has 0 aliphatic heterocycles. The first-order chi connectivity index (χ1) is 5.31. The highest BCUT2D eigenvalue weighted by molar-refractivity contribution is 9.09. The second-order valence-corrected chi connectivity index (χ2v) is 3.53. The van der Waals surface area contributed by atoms with Crippen molar-refractivity contribution in [2.45, 2.75) is 12.8 Å². The summed E-state index contributed by atoms with van der Waals surface area (Å²) in [5.74, 6) is 0.760. The van der Waals surface area contributed by atoms with Crippen molar-refractivity contribution in [3.05, 3.63) is 36.5 Å². The summed E-state index contributed by atoms with van der Waals surface area (Å²) in [5, 5.41) is 1.08. The largest absolute Gasteiger partial charge is 0.0988 e. The van der Waals surface area contributed by atoms with E-state index in [1.165, 1.54) is 11.1 Å². The molecule has 1 aliphatic rings. The minimum absolute atomic E-state index is 0.760. The molecule has 1 aliphatic carbocycles. The Kier molecular flexibility index (Phi) is 3.13. The van der Waals surface area contributed by atoms with Crippen molar-refractivity contribution in [2.75, 3.05) is 5.33 Å². The molecular formula is C10H13Br. The molecular weight excluding hydrogens is 200 g/mol. The van der Waals surface area contributed by atoms with Gasteiger partial charge in [0.25, 0.3) is 0 Å². The van der Waals surface area contributed by atoms with Crippen LogP contribution in [0.3, 0.4) is 0 Å². The first-order valence-electron chi connectivity index (χ1n) is 3.84. The summed E-state index contributed by atoms with van der Waals surface area (Å²) in [6.45, 7) is 7.58. The van der Waals surface area contributed by atoms with Crippen LogP contribution in [0.1, 0.15) is 12.8 Å². The van der Waals surface area contributed by atoms with E-state index in [9.17, 15) is 0 Å². The van der Waals surface area contributed by atoms with Gasteiger partial charge >= 0.3 is 0 Å². The predicted octanol–water partition coefficient (Wildman–Crippen LogP) is 3.46. The molecule has 0 amide bonds. The van der Waals surface area contributed by atoms with E-state index in [0.29, 0.717) is 0 Å². The number of alkyl halides is 1. The fraction of sp³-hybridized carbons (Fsp3) is 0.400. The van der Waals surface area contributed by atoms with Gasteiger partial charge in [0.1, 0.15) is 0 Å². The summed E-state index contributed by atoms with van der Waals surface area (Å²) < 4.78 is 0. The molecule has 60 valence electrons. The molecule has 0 radical (unpaired) electrons. The van der Waals surface area contributed by atoms with Crippen LogP contribution < -0.4 is 0 Å². The van der Waals surface area contributed by atoms with Crippen molar-refractivity contribution in [3.63, 3.8) is 0 Å². The van der Waals surface area contributed by atoms with E-state index >= 15 is 0 Å². The van der Waals surface area contributed by atoms with Crippen molar-refractivity contribution in [2.24, 2.45) is 5.92 Å². The number of hydrogen-bond donors (Lipinski definition) is 0. The lowest BCUT2D eigenvalue weighted by molar-refractivity contribution is 0.642. The lowest BCUT2D eigenvalue weighted by Crippen LogP contribution is -1.94. The SMILES string of the molecule is C=CC1=C(C=C)CC(CBr)C1. The van der Waals surface area contributed by atoms with Gasteiger partial charge < -0.3 is 0 Å². The van der Waals surface area contributed by atoms with Crippen LogP contribution in [0.2, 0.25) is 0 Å². The molecule has 0 aromatic heterocycles. The maximum absolute atomic E-state index is 3.79. The number of allylic oxidation sites excluding steroid dienone is 4. The minimum Gasteiger partial charge on any atom is -0.0988 e. The fourth-order valence-electron chi connectivity index (χ4n) is 1.49. The standard InChI is InChI=1S/C10H13Br/c1-3-9-5-8(7-11)6-10(9)4-2/h3-4,8H,1-2,5-7H2.